The number of fused-ring (bicyclic) bond motifs is 1. The molecule has 31 heavy (non-hydrogen) atoms. The van der Waals surface area contributed by atoms with Gasteiger partial charge in [-0.1, -0.05) is 17.2 Å². The smallest absolute Gasteiger partial charge is 0.330 e. The van der Waals surface area contributed by atoms with Crippen molar-refractivity contribution in [2.24, 2.45) is 0 Å². The van der Waals surface area contributed by atoms with E-state index in [4.69, 9.17) is 4.84 Å². The summed E-state index contributed by atoms with van der Waals surface area (Å²) in [6, 6.07) is 6.13. The first-order chi connectivity index (χ1) is 14.5. The maximum atomic E-state index is 12.9. The maximum absolute atomic E-state index is 12.9. The molecule has 1 heterocycles. The molecule has 0 atom stereocenters. The molecular formula is C22H24N2O6S. The molecule has 0 saturated heterocycles. The minimum atomic E-state index is -3.88. The van der Waals surface area contributed by atoms with Crippen molar-refractivity contribution in [3.63, 3.8) is 0 Å². The number of carbonyl (C=O) groups excluding carboxylic acids is 3. The molecule has 0 bridgehead atoms. The molecule has 2 amide bonds. The molecule has 1 N–H and O–H groups in total. The highest BCUT2D eigenvalue weighted by molar-refractivity contribution is 7.89. The predicted molar refractivity (Wildman–Crippen MR) is 113 cm³/mol. The minimum absolute atomic E-state index is 0.150. The van der Waals surface area contributed by atoms with Gasteiger partial charge in [0, 0.05) is 6.54 Å². The van der Waals surface area contributed by atoms with Crippen molar-refractivity contribution in [3.8, 4) is 0 Å². The molecule has 9 heteroatoms. The first-order valence-electron chi connectivity index (χ1n) is 9.72. The number of rotatable bonds is 6. The monoisotopic (exact) mass is 444 g/mol. The highest BCUT2D eigenvalue weighted by atomic mass is 32.2. The fourth-order valence-corrected chi connectivity index (χ4v) is 5.25. The van der Waals surface area contributed by atoms with Gasteiger partial charge >= 0.3 is 5.97 Å². The fourth-order valence-electron chi connectivity index (χ4n) is 3.63. The van der Waals surface area contributed by atoms with Gasteiger partial charge in [-0.3, -0.25) is 9.59 Å². The van der Waals surface area contributed by atoms with Gasteiger partial charge in [0.15, 0.2) is 0 Å². The van der Waals surface area contributed by atoms with Crippen molar-refractivity contribution in [1.29, 1.82) is 0 Å². The maximum Gasteiger partial charge on any atom is 0.334 e. The zero-order valence-electron chi connectivity index (χ0n) is 18.0. The average molecular weight is 445 g/mol. The molecule has 1 aliphatic rings. The number of nitrogens with one attached hydrogen (secondary N) is 1. The van der Waals surface area contributed by atoms with E-state index in [9.17, 15) is 22.8 Å². The third-order valence-electron chi connectivity index (χ3n) is 5.77. The molecule has 0 saturated carbocycles. The average Bonchev–Trinajstić information content (AvgIpc) is 2.95. The number of benzene rings is 2. The van der Waals surface area contributed by atoms with E-state index >= 15 is 0 Å². The van der Waals surface area contributed by atoms with Crippen molar-refractivity contribution in [3.05, 3.63) is 63.2 Å². The molecule has 0 radical (unpaired) electrons. The Labute approximate surface area is 181 Å². The molecule has 2 aromatic carbocycles. The first-order valence-corrected chi connectivity index (χ1v) is 11.2. The standard InChI is InChI=1S/C22H24N2O6S/c1-12-13(2)15(4)20(16(5)14(12)3)31(28,29)23-11-10-19(25)30-24-21(26)17-8-6-7-9-18(17)22(24)27/h6-9,23H,10-11H2,1-5H3. The Hall–Kier alpha value is -3.04. The van der Waals surface area contributed by atoms with Gasteiger partial charge in [0.1, 0.15) is 0 Å². The second-order valence-corrected chi connectivity index (χ2v) is 9.22. The number of hydroxylamine groups is 2. The summed E-state index contributed by atoms with van der Waals surface area (Å²) in [5.41, 5.74) is 4.44. The summed E-state index contributed by atoms with van der Waals surface area (Å²) >= 11 is 0. The van der Waals surface area contributed by atoms with Crippen molar-refractivity contribution < 1.29 is 27.6 Å². The molecule has 0 aromatic heterocycles. The van der Waals surface area contributed by atoms with Crippen LogP contribution in [0.15, 0.2) is 29.2 Å². The van der Waals surface area contributed by atoms with Gasteiger partial charge in [-0.05, 0) is 74.6 Å². The van der Waals surface area contributed by atoms with Gasteiger partial charge in [-0.25, -0.2) is 17.9 Å². The third-order valence-corrected chi connectivity index (χ3v) is 7.51. The Morgan fingerprint density at radius 3 is 1.81 bits per heavy atom. The number of hydrogen-bond acceptors (Lipinski definition) is 6. The molecule has 0 fully saturated rings. The summed E-state index contributed by atoms with van der Waals surface area (Å²) in [6.07, 6.45) is -0.353. The van der Waals surface area contributed by atoms with E-state index in [1.807, 2.05) is 20.8 Å². The lowest BCUT2D eigenvalue weighted by Gasteiger charge is -2.19. The van der Waals surface area contributed by atoms with E-state index in [1.165, 1.54) is 12.1 Å². The molecule has 0 spiro atoms. The summed E-state index contributed by atoms with van der Waals surface area (Å²) in [5, 5.41) is 0.405. The van der Waals surface area contributed by atoms with Gasteiger partial charge in [0.2, 0.25) is 10.0 Å². The van der Waals surface area contributed by atoms with E-state index in [2.05, 4.69) is 4.72 Å². The highest BCUT2D eigenvalue weighted by Crippen LogP contribution is 2.29. The van der Waals surface area contributed by atoms with Crippen LogP contribution in [0.1, 0.15) is 55.0 Å². The number of amides is 2. The lowest BCUT2D eigenvalue weighted by atomic mass is 9.95. The molecular weight excluding hydrogens is 420 g/mol. The van der Waals surface area contributed by atoms with Gasteiger partial charge in [0.05, 0.1) is 22.4 Å². The summed E-state index contributed by atoms with van der Waals surface area (Å²) in [7, 11) is -3.88. The van der Waals surface area contributed by atoms with Crippen LogP contribution in [-0.2, 0) is 19.7 Å². The molecule has 0 aliphatic carbocycles. The van der Waals surface area contributed by atoms with Crippen molar-refractivity contribution in [1.82, 2.24) is 9.79 Å². The van der Waals surface area contributed by atoms with Crippen LogP contribution in [0.5, 0.6) is 0 Å². The van der Waals surface area contributed by atoms with E-state index in [1.54, 1.807) is 26.0 Å². The molecule has 1 aliphatic heterocycles. The van der Waals surface area contributed by atoms with Crippen LogP contribution in [0, 0.1) is 34.6 Å². The zero-order chi connectivity index (χ0) is 23.1. The van der Waals surface area contributed by atoms with Gasteiger partial charge in [-0.15, -0.1) is 0 Å². The zero-order valence-corrected chi connectivity index (χ0v) is 18.8. The first kappa shape index (κ1) is 22.6. The molecule has 8 nitrogen and oxygen atoms in total. The van der Waals surface area contributed by atoms with Crippen molar-refractivity contribution in [2.75, 3.05) is 6.54 Å². The quantitative estimate of drug-likeness (QED) is 0.686. The summed E-state index contributed by atoms with van der Waals surface area (Å²) in [5.74, 6) is -2.36. The van der Waals surface area contributed by atoms with E-state index in [0.717, 1.165) is 16.7 Å². The van der Waals surface area contributed by atoms with Crippen LogP contribution in [-0.4, -0.2) is 37.8 Å². The summed E-state index contributed by atoms with van der Waals surface area (Å²) in [4.78, 5) is 41.7. The lowest BCUT2D eigenvalue weighted by molar-refractivity contribution is -0.168. The highest BCUT2D eigenvalue weighted by Gasteiger charge is 2.38. The SMILES string of the molecule is Cc1c(C)c(C)c(S(=O)(=O)NCCC(=O)ON2C(=O)c3ccccc3C2=O)c(C)c1C. The minimum Gasteiger partial charge on any atom is -0.330 e. The number of nitrogens with zero attached hydrogens (tertiary/aromatic N) is 1. The topological polar surface area (TPSA) is 110 Å². The Bertz CT molecular complexity index is 1150. The Balaban J connectivity index is 1.67. The fraction of sp³-hybridized carbons (Fsp3) is 0.318. The Kier molecular flexibility index (Phi) is 6.02. The second kappa shape index (κ2) is 8.24. The Morgan fingerprint density at radius 1 is 0.871 bits per heavy atom. The largest absolute Gasteiger partial charge is 0.334 e. The number of carbonyl (C=O) groups is 3. The number of hydrogen-bond donors (Lipinski definition) is 1. The van der Waals surface area contributed by atoms with Crippen LogP contribution in [0.2, 0.25) is 0 Å². The summed E-state index contributed by atoms with van der Waals surface area (Å²) in [6.45, 7) is 8.95. The molecule has 2 aromatic rings. The van der Waals surface area contributed by atoms with E-state index in [0.29, 0.717) is 16.2 Å². The molecule has 164 valence electrons. The van der Waals surface area contributed by atoms with Crippen molar-refractivity contribution in [2.45, 2.75) is 45.9 Å². The summed E-state index contributed by atoms with van der Waals surface area (Å²) < 4.78 is 28.2. The molecule has 0 unspecified atom stereocenters. The third kappa shape index (κ3) is 3.98. The van der Waals surface area contributed by atoms with Crippen molar-refractivity contribution >= 4 is 27.8 Å². The number of imide groups is 1. The van der Waals surface area contributed by atoms with E-state index in [-0.39, 0.29) is 29.0 Å². The van der Waals surface area contributed by atoms with Crippen LogP contribution in [0.4, 0.5) is 0 Å². The van der Waals surface area contributed by atoms with Crippen LogP contribution >= 0.6 is 0 Å². The van der Waals surface area contributed by atoms with Crippen LogP contribution in [0.3, 0.4) is 0 Å². The van der Waals surface area contributed by atoms with Crippen LogP contribution < -0.4 is 4.72 Å². The van der Waals surface area contributed by atoms with Gasteiger partial charge in [0.25, 0.3) is 11.8 Å². The number of sulfonamides is 1. The predicted octanol–water partition coefficient (Wildman–Crippen LogP) is 2.65. The van der Waals surface area contributed by atoms with E-state index < -0.39 is 27.8 Å². The van der Waals surface area contributed by atoms with Gasteiger partial charge in [-0.2, -0.15) is 0 Å². The lowest BCUT2D eigenvalue weighted by Crippen LogP contribution is -2.34. The Morgan fingerprint density at radius 2 is 1.32 bits per heavy atom. The normalized spacial score (nSPS) is 13.5. The molecule has 3 rings (SSSR count). The second-order valence-electron chi connectivity index (χ2n) is 7.52. The van der Waals surface area contributed by atoms with Gasteiger partial charge < -0.3 is 4.84 Å². The van der Waals surface area contributed by atoms with Crippen LogP contribution in [0.25, 0.3) is 0 Å².